The van der Waals surface area contributed by atoms with Gasteiger partial charge in [0.25, 0.3) is 0 Å². The highest BCUT2D eigenvalue weighted by molar-refractivity contribution is 5.69. The number of hydrogen-bond donors (Lipinski definition) is 1. The second-order valence-electron chi connectivity index (χ2n) is 6.43. The van der Waals surface area contributed by atoms with Gasteiger partial charge in [-0.1, -0.05) is 44.6 Å². The third kappa shape index (κ3) is 37.2. The molecule has 0 bridgehead atoms. The molecule has 0 aliphatic rings. The largest absolute Gasteiger partial charge is 0.463 e. The molecule has 11 heteroatoms. The van der Waals surface area contributed by atoms with Gasteiger partial charge in [0.1, 0.15) is 33.6 Å². The van der Waals surface area contributed by atoms with Crippen molar-refractivity contribution in [3.8, 4) is 0 Å². The standard InChI is InChI=1S/C19H38N2O9.6CH4/c1-4-25-16-26-11-13-29-18(23)5-7-20(2)9-10-21(3)8-6-19(24)30-14-12-27-17-28-15-22;;;;;;/h22H,4-17H2,1-3H3;6*1H4. The van der Waals surface area contributed by atoms with Crippen LogP contribution in [0.5, 0.6) is 0 Å². The molecule has 0 saturated heterocycles. The lowest BCUT2D eigenvalue weighted by Gasteiger charge is -2.21. The van der Waals surface area contributed by atoms with Crippen molar-refractivity contribution >= 4 is 11.9 Å². The van der Waals surface area contributed by atoms with Gasteiger partial charge in [0, 0.05) is 32.8 Å². The number of rotatable bonds is 21. The van der Waals surface area contributed by atoms with E-state index in [1.165, 1.54) is 0 Å². The zero-order chi connectivity index (χ0) is 22.5. The van der Waals surface area contributed by atoms with E-state index in [1.54, 1.807) is 0 Å². The Morgan fingerprint density at radius 3 is 1.36 bits per heavy atom. The maximum Gasteiger partial charge on any atom is 0.307 e. The molecule has 0 amide bonds. The summed E-state index contributed by atoms with van der Waals surface area (Å²) in [6.45, 7) is 5.81. The molecule has 0 atom stereocenters. The molecular formula is C25H62N2O9. The van der Waals surface area contributed by atoms with E-state index in [4.69, 9.17) is 28.8 Å². The van der Waals surface area contributed by atoms with E-state index in [0.29, 0.717) is 32.7 Å². The van der Waals surface area contributed by atoms with Crippen molar-refractivity contribution in [2.75, 3.05) is 93.7 Å². The average molecular weight is 535 g/mol. The van der Waals surface area contributed by atoms with Crippen molar-refractivity contribution in [3.05, 3.63) is 0 Å². The summed E-state index contributed by atoms with van der Waals surface area (Å²) in [5.41, 5.74) is 0. The van der Waals surface area contributed by atoms with Crippen molar-refractivity contribution in [3.63, 3.8) is 0 Å². The maximum atomic E-state index is 11.7. The lowest BCUT2D eigenvalue weighted by Crippen LogP contribution is -2.33. The predicted octanol–water partition coefficient (Wildman–Crippen LogP) is 3.48. The molecule has 0 fully saturated rings. The van der Waals surface area contributed by atoms with Crippen LogP contribution in [0.4, 0.5) is 0 Å². The minimum atomic E-state index is -0.407. The molecule has 0 aliphatic carbocycles. The van der Waals surface area contributed by atoms with Gasteiger partial charge in [0.05, 0.1) is 26.1 Å². The van der Waals surface area contributed by atoms with Crippen LogP contribution in [0.25, 0.3) is 0 Å². The first kappa shape index (κ1) is 51.3. The summed E-state index contributed by atoms with van der Waals surface area (Å²) in [6, 6.07) is 0. The summed E-state index contributed by atoms with van der Waals surface area (Å²) >= 11 is 0. The van der Waals surface area contributed by atoms with Gasteiger partial charge in [0.2, 0.25) is 0 Å². The highest BCUT2D eigenvalue weighted by Crippen LogP contribution is 1.95. The highest BCUT2D eigenvalue weighted by Gasteiger charge is 2.09. The molecule has 0 rings (SSSR count). The zero-order valence-corrected chi connectivity index (χ0v) is 18.5. The normalized spacial score (nSPS) is 9.39. The first-order valence-electron chi connectivity index (χ1n) is 10.1. The average Bonchev–Trinajstić information content (AvgIpc) is 2.74. The van der Waals surface area contributed by atoms with E-state index < -0.39 is 6.79 Å². The summed E-state index contributed by atoms with van der Waals surface area (Å²) in [5.74, 6) is -0.556. The Morgan fingerprint density at radius 1 is 0.611 bits per heavy atom. The van der Waals surface area contributed by atoms with Gasteiger partial charge in [0.15, 0.2) is 0 Å². The molecule has 1 N–H and O–H groups in total. The van der Waals surface area contributed by atoms with Crippen molar-refractivity contribution in [1.29, 1.82) is 0 Å². The minimum Gasteiger partial charge on any atom is -0.463 e. The van der Waals surface area contributed by atoms with E-state index in [2.05, 4.69) is 4.74 Å². The Labute approximate surface area is 223 Å². The molecule has 0 aliphatic heterocycles. The fourth-order valence-corrected chi connectivity index (χ4v) is 2.06. The summed E-state index contributed by atoms with van der Waals surface area (Å²) in [4.78, 5) is 27.4. The van der Waals surface area contributed by atoms with Crippen LogP contribution in [0.2, 0.25) is 0 Å². The number of hydrogen-bond acceptors (Lipinski definition) is 11. The number of aliphatic hydroxyl groups is 1. The molecule has 11 nitrogen and oxygen atoms in total. The van der Waals surface area contributed by atoms with Crippen LogP contribution >= 0.6 is 0 Å². The molecule has 0 spiro atoms. The molecular weight excluding hydrogens is 472 g/mol. The predicted molar refractivity (Wildman–Crippen MR) is 148 cm³/mol. The fourth-order valence-electron chi connectivity index (χ4n) is 2.06. The Balaban J connectivity index is -0.000000280. The van der Waals surface area contributed by atoms with Crippen LogP contribution in [0.3, 0.4) is 0 Å². The van der Waals surface area contributed by atoms with Crippen molar-refractivity contribution in [2.24, 2.45) is 0 Å². The van der Waals surface area contributed by atoms with E-state index in [-0.39, 0.29) is 96.3 Å². The van der Waals surface area contributed by atoms with Crippen molar-refractivity contribution < 1.29 is 43.1 Å². The van der Waals surface area contributed by atoms with Gasteiger partial charge >= 0.3 is 11.9 Å². The lowest BCUT2D eigenvalue weighted by molar-refractivity contribution is -0.150. The van der Waals surface area contributed by atoms with Crippen LogP contribution in [-0.2, 0) is 38.0 Å². The Kier molecular flexibility index (Phi) is 54.5. The number of likely N-dealkylation sites (N-methyl/N-ethyl adjacent to an activating group) is 2. The monoisotopic (exact) mass is 534 g/mol. The van der Waals surface area contributed by atoms with Gasteiger partial charge in [-0.2, -0.15) is 0 Å². The number of esters is 2. The van der Waals surface area contributed by atoms with Crippen LogP contribution in [0.15, 0.2) is 0 Å². The van der Waals surface area contributed by atoms with Crippen LogP contribution in [-0.4, -0.2) is 121 Å². The van der Waals surface area contributed by atoms with E-state index in [1.807, 2.05) is 30.8 Å². The Hall–Kier alpha value is -1.34. The molecule has 0 unspecified atom stereocenters. The van der Waals surface area contributed by atoms with Crippen molar-refractivity contribution in [1.82, 2.24) is 9.80 Å². The topological polar surface area (TPSA) is 116 Å². The van der Waals surface area contributed by atoms with Gasteiger partial charge < -0.3 is 43.3 Å². The smallest absolute Gasteiger partial charge is 0.307 e. The number of carbonyl (C=O) groups excluding carboxylic acids is 2. The summed E-state index contributed by atoms with van der Waals surface area (Å²) in [7, 11) is 3.86. The molecule has 0 heterocycles. The van der Waals surface area contributed by atoms with Gasteiger partial charge in [-0.3, -0.25) is 9.59 Å². The highest BCUT2D eigenvalue weighted by atomic mass is 16.7. The molecule has 0 aromatic heterocycles. The van der Waals surface area contributed by atoms with Gasteiger partial charge in [-0.15, -0.1) is 0 Å². The third-order valence-electron chi connectivity index (χ3n) is 3.87. The number of aliphatic hydroxyl groups excluding tert-OH is 1. The maximum absolute atomic E-state index is 11.7. The first-order chi connectivity index (χ1) is 14.5. The first-order valence-corrected chi connectivity index (χ1v) is 10.1. The van der Waals surface area contributed by atoms with Gasteiger partial charge in [-0.05, 0) is 21.0 Å². The molecule has 0 aromatic rings. The van der Waals surface area contributed by atoms with E-state index in [9.17, 15) is 9.59 Å². The van der Waals surface area contributed by atoms with Crippen LogP contribution in [0, 0.1) is 0 Å². The lowest BCUT2D eigenvalue weighted by atomic mass is 10.3. The number of ether oxygens (including phenoxy) is 6. The fraction of sp³-hybridized carbons (Fsp3) is 0.920. The summed E-state index contributed by atoms with van der Waals surface area (Å²) < 4.78 is 29.8. The summed E-state index contributed by atoms with van der Waals surface area (Å²) in [6.07, 6.45) is 0.592. The quantitative estimate of drug-likeness (QED) is 0.132. The minimum absolute atomic E-state index is 0. The Bertz CT molecular complexity index is 392. The molecule has 0 radical (unpaired) electrons. The summed E-state index contributed by atoms with van der Waals surface area (Å²) in [5, 5.41) is 8.40. The van der Waals surface area contributed by atoms with E-state index >= 15 is 0 Å². The third-order valence-corrected chi connectivity index (χ3v) is 3.87. The Morgan fingerprint density at radius 2 is 1.00 bits per heavy atom. The SMILES string of the molecule is C.C.C.C.C.C.CCOCOCCOC(=O)CCN(C)CCN(C)CCC(=O)OCCOCOCO. The van der Waals surface area contributed by atoms with Crippen molar-refractivity contribution in [2.45, 2.75) is 64.3 Å². The van der Waals surface area contributed by atoms with Crippen LogP contribution < -0.4 is 0 Å². The molecule has 36 heavy (non-hydrogen) atoms. The van der Waals surface area contributed by atoms with Gasteiger partial charge in [-0.25, -0.2) is 0 Å². The molecule has 0 saturated carbocycles. The zero-order valence-electron chi connectivity index (χ0n) is 18.5. The van der Waals surface area contributed by atoms with E-state index in [0.717, 1.165) is 13.1 Å². The molecule has 226 valence electrons. The molecule has 0 aromatic carbocycles. The second-order valence-corrected chi connectivity index (χ2v) is 6.43. The number of carbonyl (C=O) groups is 2. The second kappa shape index (κ2) is 38.2. The van der Waals surface area contributed by atoms with Crippen LogP contribution in [0.1, 0.15) is 64.3 Å². The number of nitrogens with zero attached hydrogens (tertiary/aromatic N) is 2.